The van der Waals surface area contributed by atoms with Gasteiger partial charge in [-0.15, -0.1) is 0 Å². The molecule has 1 aromatic carbocycles. The maximum Gasteiger partial charge on any atom is 0.450 e. The van der Waals surface area contributed by atoms with Crippen LogP contribution in [0.15, 0.2) is 18.2 Å². The Bertz CT molecular complexity index is 383. The predicted molar refractivity (Wildman–Crippen MR) is 47.6 cm³/mol. The molecular weight excluding hydrogens is 209 g/mol. The molecule has 0 fully saturated rings. The zero-order valence-electron chi connectivity index (χ0n) is 7.93. The number of halogens is 3. The quantitative estimate of drug-likeness (QED) is 0.827. The number of hydrogen-bond donors (Lipinski definition) is 1. The number of carbonyl (C=O) groups is 1. The number of phenolic OH excluding ortho intramolecular Hbond substituents is 1. The number of benzene rings is 1. The molecule has 0 radical (unpaired) electrons. The predicted octanol–water partition coefficient (Wildman–Crippen LogP) is 2.37. The van der Waals surface area contributed by atoms with Gasteiger partial charge in [-0.1, -0.05) is 12.1 Å². The van der Waals surface area contributed by atoms with Crippen LogP contribution in [0.25, 0.3) is 0 Å². The van der Waals surface area contributed by atoms with Gasteiger partial charge in [-0.25, -0.2) is 0 Å². The van der Waals surface area contributed by atoms with Crippen molar-refractivity contribution in [3.8, 4) is 5.75 Å². The molecule has 0 unspecified atom stereocenters. The van der Waals surface area contributed by atoms with E-state index >= 15 is 0 Å². The molecule has 0 aliphatic carbocycles. The van der Waals surface area contributed by atoms with Crippen molar-refractivity contribution in [3.63, 3.8) is 0 Å². The van der Waals surface area contributed by atoms with Crippen LogP contribution in [0, 0.1) is 6.92 Å². The summed E-state index contributed by atoms with van der Waals surface area (Å²) in [6, 6.07) is 4.17. The van der Waals surface area contributed by atoms with Gasteiger partial charge >= 0.3 is 6.18 Å². The SMILES string of the molecule is Cc1ccc(CC(=O)C(F)(F)F)c(O)c1. The van der Waals surface area contributed by atoms with Crippen molar-refractivity contribution in [2.75, 3.05) is 0 Å². The fourth-order valence-electron chi connectivity index (χ4n) is 1.10. The highest BCUT2D eigenvalue weighted by molar-refractivity contribution is 5.86. The van der Waals surface area contributed by atoms with E-state index in [2.05, 4.69) is 0 Å². The summed E-state index contributed by atoms with van der Waals surface area (Å²) in [5.74, 6) is -2.14. The monoisotopic (exact) mass is 218 g/mol. The van der Waals surface area contributed by atoms with Gasteiger partial charge in [0.1, 0.15) is 5.75 Å². The maximum absolute atomic E-state index is 11.9. The third-order valence-electron chi connectivity index (χ3n) is 1.91. The van der Waals surface area contributed by atoms with Gasteiger partial charge in [0.25, 0.3) is 0 Å². The van der Waals surface area contributed by atoms with E-state index in [9.17, 15) is 23.1 Å². The summed E-state index contributed by atoms with van der Waals surface area (Å²) in [6.07, 6.45) is -5.67. The first kappa shape index (κ1) is 11.6. The Labute approximate surface area is 84.3 Å². The molecule has 1 aromatic rings. The summed E-state index contributed by atoms with van der Waals surface area (Å²) in [4.78, 5) is 10.6. The summed E-state index contributed by atoms with van der Waals surface area (Å²) < 4.78 is 35.7. The third-order valence-corrected chi connectivity index (χ3v) is 1.91. The minimum atomic E-state index is -4.85. The third kappa shape index (κ3) is 2.97. The van der Waals surface area contributed by atoms with Gasteiger partial charge in [0.2, 0.25) is 5.78 Å². The van der Waals surface area contributed by atoms with Crippen molar-refractivity contribution < 1.29 is 23.1 Å². The topological polar surface area (TPSA) is 37.3 Å². The highest BCUT2D eigenvalue weighted by Gasteiger charge is 2.38. The fourth-order valence-corrected chi connectivity index (χ4v) is 1.10. The minimum absolute atomic E-state index is 0.0112. The Kier molecular flexibility index (Phi) is 3.02. The summed E-state index contributed by atoms with van der Waals surface area (Å²) >= 11 is 0. The first-order valence-corrected chi connectivity index (χ1v) is 4.19. The second kappa shape index (κ2) is 3.92. The Morgan fingerprint density at radius 1 is 1.40 bits per heavy atom. The number of hydrogen-bond acceptors (Lipinski definition) is 2. The molecule has 0 atom stereocenters. The van der Waals surface area contributed by atoms with Gasteiger partial charge in [-0.3, -0.25) is 4.79 Å². The van der Waals surface area contributed by atoms with E-state index in [1.807, 2.05) is 0 Å². The molecule has 0 bridgehead atoms. The molecule has 0 aromatic heterocycles. The Morgan fingerprint density at radius 3 is 2.47 bits per heavy atom. The molecule has 82 valence electrons. The van der Waals surface area contributed by atoms with Gasteiger partial charge in [-0.05, 0) is 18.6 Å². The van der Waals surface area contributed by atoms with E-state index in [1.165, 1.54) is 12.1 Å². The Morgan fingerprint density at radius 2 is 2.00 bits per heavy atom. The number of aromatic hydroxyl groups is 1. The number of phenols is 1. The fraction of sp³-hybridized carbons (Fsp3) is 0.300. The second-order valence-corrected chi connectivity index (χ2v) is 3.23. The lowest BCUT2D eigenvalue weighted by atomic mass is 10.1. The van der Waals surface area contributed by atoms with Crippen LogP contribution < -0.4 is 0 Å². The van der Waals surface area contributed by atoms with Gasteiger partial charge in [0, 0.05) is 12.0 Å². The molecule has 0 saturated carbocycles. The van der Waals surface area contributed by atoms with Crippen LogP contribution >= 0.6 is 0 Å². The molecular formula is C10H9F3O2. The molecule has 0 heterocycles. The number of Topliss-reactive ketones (excluding diaryl/α,β-unsaturated/α-hetero) is 1. The van der Waals surface area contributed by atoms with E-state index in [0.29, 0.717) is 0 Å². The van der Waals surface area contributed by atoms with Crippen LogP contribution in [0.2, 0.25) is 0 Å². The molecule has 2 nitrogen and oxygen atoms in total. The molecule has 0 spiro atoms. The van der Waals surface area contributed by atoms with E-state index < -0.39 is 18.4 Å². The minimum Gasteiger partial charge on any atom is -0.508 e. The summed E-state index contributed by atoms with van der Waals surface area (Å²) in [5.41, 5.74) is 0.707. The number of carbonyl (C=O) groups excluding carboxylic acids is 1. The normalized spacial score (nSPS) is 11.5. The largest absolute Gasteiger partial charge is 0.508 e. The number of alkyl halides is 3. The lowest BCUT2D eigenvalue weighted by Gasteiger charge is -2.07. The number of ketones is 1. The van der Waals surface area contributed by atoms with Crippen molar-refractivity contribution in [2.45, 2.75) is 19.5 Å². The van der Waals surface area contributed by atoms with Crippen LogP contribution in [0.5, 0.6) is 5.75 Å². The molecule has 0 amide bonds. The maximum atomic E-state index is 11.9. The molecule has 1 rings (SSSR count). The number of rotatable bonds is 2. The Balaban J connectivity index is 2.87. The van der Waals surface area contributed by atoms with Gasteiger partial charge in [-0.2, -0.15) is 13.2 Å². The van der Waals surface area contributed by atoms with Crippen LogP contribution in [-0.2, 0) is 11.2 Å². The van der Waals surface area contributed by atoms with Crippen LogP contribution in [-0.4, -0.2) is 17.1 Å². The van der Waals surface area contributed by atoms with E-state index in [1.54, 1.807) is 13.0 Å². The molecule has 1 N–H and O–H groups in total. The first-order valence-electron chi connectivity index (χ1n) is 4.19. The number of aryl methyl sites for hydroxylation is 1. The van der Waals surface area contributed by atoms with Crippen LogP contribution in [0.1, 0.15) is 11.1 Å². The van der Waals surface area contributed by atoms with Crippen molar-refractivity contribution in [3.05, 3.63) is 29.3 Å². The van der Waals surface area contributed by atoms with E-state index in [4.69, 9.17) is 0 Å². The average Bonchev–Trinajstić information content (AvgIpc) is 2.08. The standard InChI is InChI=1S/C10H9F3O2/c1-6-2-3-7(8(14)4-6)5-9(15)10(11,12)13/h2-4,14H,5H2,1H3. The smallest absolute Gasteiger partial charge is 0.450 e. The highest BCUT2D eigenvalue weighted by atomic mass is 19.4. The van der Waals surface area contributed by atoms with Crippen LogP contribution in [0.3, 0.4) is 0 Å². The first-order chi connectivity index (χ1) is 6.80. The van der Waals surface area contributed by atoms with E-state index in [-0.39, 0.29) is 11.3 Å². The summed E-state index contributed by atoms with van der Waals surface area (Å²) in [6.45, 7) is 1.69. The van der Waals surface area contributed by atoms with E-state index in [0.717, 1.165) is 5.56 Å². The summed E-state index contributed by atoms with van der Waals surface area (Å²) in [5, 5.41) is 9.29. The van der Waals surface area contributed by atoms with Crippen LogP contribution in [0.4, 0.5) is 13.2 Å². The highest BCUT2D eigenvalue weighted by Crippen LogP contribution is 2.23. The average molecular weight is 218 g/mol. The molecule has 0 aliphatic heterocycles. The second-order valence-electron chi connectivity index (χ2n) is 3.23. The van der Waals surface area contributed by atoms with Gasteiger partial charge < -0.3 is 5.11 Å². The molecule has 15 heavy (non-hydrogen) atoms. The van der Waals surface area contributed by atoms with Gasteiger partial charge in [0.15, 0.2) is 0 Å². The zero-order chi connectivity index (χ0) is 11.6. The van der Waals surface area contributed by atoms with Crippen molar-refractivity contribution >= 4 is 5.78 Å². The van der Waals surface area contributed by atoms with Crippen molar-refractivity contribution in [1.82, 2.24) is 0 Å². The van der Waals surface area contributed by atoms with Gasteiger partial charge in [0.05, 0.1) is 0 Å². The molecule has 0 aliphatic rings. The summed E-state index contributed by atoms with van der Waals surface area (Å²) in [7, 11) is 0. The zero-order valence-corrected chi connectivity index (χ0v) is 7.93. The lowest BCUT2D eigenvalue weighted by molar-refractivity contribution is -0.170. The Hall–Kier alpha value is -1.52. The lowest BCUT2D eigenvalue weighted by Crippen LogP contribution is -2.24. The van der Waals surface area contributed by atoms with Crippen molar-refractivity contribution in [2.24, 2.45) is 0 Å². The molecule has 5 heteroatoms. The molecule has 0 saturated heterocycles. The van der Waals surface area contributed by atoms with Crippen molar-refractivity contribution in [1.29, 1.82) is 0 Å².